The number of amides is 1. The van der Waals surface area contributed by atoms with E-state index in [1.807, 2.05) is 48.5 Å². The minimum atomic E-state index is -1.95. The summed E-state index contributed by atoms with van der Waals surface area (Å²) in [6.07, 6.45) is 21.8. The summed E-state index contributed by atoms with van der Waals surface area (Å²) in [4.78, 5) is 13.1. The van der Waals surface area contributed by atoms with Crippen molar-refractivity contribution in [3.8, 4) is 11.5 Å². The Morgan fingerprint density at radius 2 is 1.27 bits per heavy atom. The summed E-state index contributed by atoms with van der Waals surface area (Å²) < 4.78 is 5.97. The second-order valence-corrected chi connectivity index (χ2v) is 19.2. The Morgan fingerprint density at radius 3 is 1.84 bits per heavy atom. The van der Waals surface area contributed by atoms with Crippen LogP contribution >= 0.6 is 0 Å². The lowest BCUT2D eigenvalue weighted by Crippen LogP contribution is -2.43. The van der Waals surface area contributed by atoms with Gasteiger partial charge in [0.2, 0.25) is 0 Å². The largest absolute Gasteiger partial charge is 0.428 e. The lowest BCUT2D eigenvalue weighted by atomic mass is 10.0. The van der Waals surface area contributed by atoms with Crippen molar-refractivity contribution in [3.63, 3.8) is 0 Å². The van der Waals surface area contributed by atoms with Crippen LogP contribution in [-0.4, -0.2) is 20.3 Å². The molecular weight excluding hydrogens is 555 g/mol. The Bertz CT molecular complexity index is 1150. The second kappa shape index (κ2) is 21.3. The van der Waals surface area contributed by atoms with E-state index in [0.717, 1.165) is 22.9 Å². The zero-order valence-electron chi connectivity index (χ0n) is 29.2. The average molecular weight is 618 g/mol. The first-order chi connectivity index (χ1) is 21.2. The van der Waals surface area contributed by atoms with E-state index in [0.29, 0.717) is 16.6 Å². The number of ether oxygens (including phenoxy) is 1. The minimum absolute atomic E-state index is 0.461. The molecule has 2 aromatic rings. The molecule has 2 aromatic carbocycles. The molecule has 2 rings (SSSR count). The van der Waals surface area contributed by atoms with Crippen LogP contribution in [0.4, 0.5) is 10.5 Å². The SMILES string of the molecule is CCCCCCCCCCCCCCC/C=C/[C@@H](C#C[Si](C(C)C)(C(C)C)C(C)C)OC(=O)Nc1cccc2ccccc12. The fourth-order valence-electron chi connectivity index (χ4n) is 6.83. The van der Waals surface area contributed by atoms with Crippen LogP contribution in [0.2, 0.25) is 16.6 Å². The average Bonchev–Trinajstić information content (AvgIpc) is 2.98. The summed E-state index contributed by atoms with van der Waals surface area (Å²) in [6, 6.07) is 14.0. The number of carbonyl (C=O) groups excluding carboxylic acids is 1. The first-order valence-electron chi connectivity index (χ1n) is 17.9. The zero-order valence-corrected chi connectivity index (χ0v) is 30.2. The smallest absolute Gasteiger partial charge is 0.413 e. The molecule has 1 atom stereocenters. The van der Waals surface area contributed by atoms with E-state index in [-0.39, 0.29) is 0 Å². The van der Waals surface area contributed by atoms with Crippen molar-refractivity contribution in [1.82, 2.24) is 0 Å². The third kappa shape index (κ3) is 12.8. The number of hydrogen-bond acceptors (Lipinski definition) is 2. The van der Waals surface area contributed by atoms with Gasteiger partial charge in [-0.25, -0.2) is 4.79 Å². The van der Waals surface area contributed by atoms with E-state index in [1.165, 1.54) is 83.5 Å². The van der Waals surface area contributed by atoms with Gasteiger partial charge in [-0.15, -0.1) is 5.54 Å². The molecule has 3 nitrogen and oxygen atoms in total. The van der Waals surface area contributed by atoms with Gasteiger partial charge in [-0.05, 0) is 47.0 Å². The van der Waals surface area contributed by atoms with Crippen molar-refractivity contribution in [2.45, 2.75) is 161 Å². The molecule has 0 saturated carbocycles. The predicted molar refractivity (Wildman–Crippen MR) is 196 cm³/mol. The van der Waals surface area contributed by atoms with E-state index >= 15 is 0 Å². The molecule has 44 heavy (non-hydrogen) atoms. The van der Waals surface area contributed by atoms with Gasteiger partial charge in [0.05, 0.1) is 5.69 Å². The first kappa shape index (κ1) is 37.7. The molecule has 4 heteroatoms. The van der Waals surface area contributed by atoms with E-state index < -0.39 is 20.3 Å². The maximum atomic E-state index is 13.1. The highest BCUT2D eigenvalue weighted by molar-refractivity contribution is 6.90. The molecule has 0 saturated heterocycles. The van der Waals surface area contributed by atoms with Crippen LogP contribution in [0.5, 0.6) is 0 Å². The van der Waals surface area contributed by atoms with Crippen molar-refractivity contribution < 1.29 is 9.53 Å². The van der Waals surface area contributed by atoms with Crippen molar-refractivity contribution in [3.05, 3.63) is 54.6 Å². The van der Waals surface area contributed by atoms with Gasteiger partial charge in [-0.1, -0.05) is 174 Å². The number of nitrogens with one attached hydrogen (secondary N) is 1. The fraction of sp³-hybridized carbons (Fsp3) is 0.625. The van der Waals surface area contributed by atoms with E-state index in [4.69, 9.17) is 4.74 Å². The van der Waals surface area contributed by atoms with E-state index in [9.17, 15) is 4.79 Å². The summed E-state index contributed by atoms with van der Waals surface area (Å²) in [7, 11) is -1.95. The maximum absolute atomic E-state index is 13.1. The molecule has 1 N–H and O–H groups in total. The highest BCUT2D eigenvalue weighted by Crippen LogP contribution is 2.40. The molecule has 244 valence electrons. The van der Waals surface area contributed by atoms with Gasteiger partial charge in [-0.3, -0.25) is 5.32 Å². The molecule has 0 aliphatic heterocycles. The number of allylic oxidation sites excluding steroid dienone is 1. The number of unbranched alkanes of at least 4 members (excludes halogenated alkanes) is 13. The van der Waals surface area contributed by atoms with Crippen LogP contribution in [0.15, 0.2) is 54.6 Å². The lowest BCUT2D eigenvalue weighted by Gasteiger charge is -2.38. The van der Waals surface area contributed by atoms with Gasteiger partial charge >= 0.3 is 6.09 Å². The molecule has 0 radical (unpaired) electrons. The second-order valence-electron chi connectivity index (χ2n) is 13.6. The molecular formula is C40H63NO2Si. The molecule has 1 amide bonds. The number of carbonyl (C=O) groups is 1. The van der Waals surface area contributed by atoms with E-state index in [2.05, 4.69) is 71.3 Å². The van der Waals surface area contributed by atoms with Crippen molar-refractivity contribution >= 4 is 30.6 Å². The number of fused-ring (bicyclic) bond motifs is 1. The lowest BCUT2D eigenvalue weighted by molar-refractivity contribution is 0.155. The minimum Gasteiger partial charge on any atom is -0.428 e. The van der Waals surface area contributed by atoms with Crippen LogP contribution in [0.3, 0.4) is 0 Å². The third-order valence-electron chi connectivity index (χ3n) is 9.34. The molecule has 0 aliphatic rings. The van der Waals surface area contributed by atoms with Crippen molar-refractivity contribution in [2.24, 2.45) is 0 Å². The first-order valence-corrected chi connectivity index (χ1v) is 20.1. The number of anilines is 1. The Labute approximate surface area is 272 Å². The Balaban J connectivity index is 1.94. The van der Waals surface area contributed by atoms with Crippen LogP contribution in [0.25, 0.3) is 10.8 Å². The van der Waals surface area contributed by atoms with Gasteiger partial charge in [-0.2, -0.15) is 0 Å². The van der Waals surface area contributed by atoms with E-state index in [1.54, 1.807) is 0 Å². The van der Waals surface area contributed by atoms with Crippen molar-refractivity contribution in [1.29, 1.82) is 0 Å². The maximum Gasteiger partial charge on any atom is 0.413 e. The van der Waals surface area contributed by atoms with Gasteiger partial charge in [0.15, 0.2) is 6.10 Å². The molecule has 0 bridgehead atoms. The van der Waals surface area contributed by atoms with Gasteiger partial charge in [0.25, 0.3) is 0 Å². The topological polar surface area (TPSA) is 38.3 Å². The van der Waals surface area contributed by atoms with Gasteiger partial charge in [0.1, 0.15) is 8.07 Å². The quantitative estimate of drug-likeness (QED) is 0.0694. The molecule has 0 unspecified atom stereocenters. The summed E-state index contributed by atoms with van der Waals surface area (Å²) in [5.74, 6) is 3.45. The highest BCUT2D eigenvalue weighted by Gasteiger charge is 2.41. The Kier molecular flexibility index (Phi) is 18.2. The normalized spacial score (nSPS) is 12.7. The molecule has 0 aliphatic carbocycles. The predicted octanol–water partition coefficient (Wildman–Crippen LogP) is 13.0. The molecule has 0 aromatic heterocycles. The number of benzene rings is 2. The number of hydrogen-bond donors (Lipinski definition) is 1. The fourth-order valence-corrected chi connectivity index (χ4v) is 12.1. The summed E-state index contributed by atoms with van der Waals surface area (Å²) in [5.41, 5.74) is 6.09. The number of rotatable bonds is 20. The summed E-state index contributed by atoms with van der Waals surface area (Å²) in [5, 5.41) is 5.07. The van der Waals surface area contributed by atoms with Gasteiger partial charge < -0.3 is 4.74 Å². The molecule has 0 fully saturated rings. The van der Waals surface area contributed by atoms with Crippen LogP contribution < -0.4 is 5.32 Å². The monoisotopic (exact) mass is 617 g/mol. The van der Waals surface area contributed by atoms with Gasteiger partial charge in [0, 0.05) is 5.39 Å². The van der Waals surface area contributed by atoms with Crippen LogP contribution in [0.1, 0.15) is 138 Å². The standard InChI is InChI=1S/C40H63NO2Si/c1-8-9-10-11-12-13-14-15-16-17-18-19-20-21-22-28-37(31-32-44(33(2)3,34(4)5)35(6)7)43-40(42)41-39-30-25-27-36-26-23-24-29-38(36)39/h22-30,33-35,37H,8-21H2,1-7H3,(H,41,42)/b28-22+/t37-/m0/s1. The molecule has 0 spiro atoms. The zero-order chi connectivity index (χ0) is 32.2. The van der Waals surface area contributed by atoms with Crippen LogP contribution in [0, 0.1) is 11.5 Å². The summed E-state index contributed by atoms with van der Waals surface area (Å²) >= 11 is 0. The Morgan fingerprint density at radius 1 is 0.750 bits per heavy atom. The summed E-state index contributed by atoms with van der Waals surface area (Å²) in [6.45, 7) is 16.2. The Hall–Kier alpha value is -2.51. The highest BCUT2D eigenvalue weighted by atomic mass is 28.3. The van der Waals surface area contributed by atoms with Crippen molar-refractivity contribution in [2.75, 3.05) is 5.32 Å². The third-order valence-corrected chi connectivity index (χ3v) is 15.7. The van der Waals surface area contributed by atoms with Crippen LogP contribution in [-0.2, 0) is 4.74 Å². The molecule has 0 heterocycles.